The van der Waals surface area contributed by atoms with Crippen molar-refractivity contribution in [3.63, 3.8) is 0 Å². The summed E-state index contributed by atoms with van der Waals surface area (Å²) in [6.07, 6.45) is 3.95. The third-order valence-corrected chi connectivity index (χ3v) is 5.19. The van der Waals surface area contributed by atoms with Gasteiger partial charge in [0.25, 0.3) is 0 Å². The molecule has 0 spiro atoms. The first-order valence-electron chi connectivity index (χ1n) is 8.81. The van der Waals surface area contributed by atoms with Crippen LogP contribution in [0, 0.1) is 0 Å². The number of morpholine rings is 1. The Labute approximate surface area is 147 Å². The minimum Gasteiger partial charge on any atom is -0.373 e. The number of ether oxygens (including phenoxy) is 1. The van der Waals surface area contributed by atoms with Crippen molar-refractivity contribution in [3.8, 4) is 0 Å². The van der Waals surface area contributed by atoms with Crippen LogP contribution in [-0.4, -0.2) is 73.3 Å². The molecule has 23 heavy (non-hydrogen) atoms. The highest BCUT2D eigenvalue weighted by molar-refractivity contribution is 7.99. The van der Waals surface area contributed by atoms with E-state index in [1.165, 1.54) is 0 Å². The first-order valence-corrected chi connectivity index (χ1v) is 10.0. The molecular weight excluding hydrogens is 308 g/mol. The number of hydrogen-bond donors (Lipinski definition) is 2. The fraction of sp³-hybridized carbons (Fsp3) is 0.941. The summed E-state index contributed by atoms with van der Waals surface area (Å²) in [7, 11) is 0. The molecule has 136 valence electrons. The van der Waals surface area contributed by atoms with Gasteiger partial charge in [-0.3, -0.25) is 9.89 Å². The average Bonchev–Trinajstić information content (AvgIpc) is 2.48. The van der Waals surface area contributed by atoms with Gasteiger partial charge in [-0.2, -0.15) is 11.8 Å². The maximum atomic E-state index is 5.78. The molecular formula is C17H36N4OS. The Morgan fingerprint density at radius 1 is 1.26 bits per heavy atom. The first-order chi connectivity index (χ1) is 10.9. The zero-order valence-electron chi connectivity index (χ0n) is 15.8. The lowest BCUT2D eigenvalue weighted by Crippen LogP contribution is -2.46. The molecule has 1 saturated heterocycles. The zero-order valence-corrected chi connectivity index (χ0v) is 16.6. The highest BCUT2D eigenvalue weighted by Gasteiger charge is 2.21. The van der Waals surface area contributed by atoms with Crippen molar-refractivity contribution >= 4 is 17.7 Å². The molecule has 1 rings (SSSR count). The monoisotopic (exact) mass is 344 g/mol. The van der Waals surface area contributed by atoms with Crippen molar-refractivity contribution in [2.75, 3.05) is 45.5 Å². The van der Waals surface area contributed by atoms with Crippen LogP contribution < -0.4 is 10.6 Å². The predicted molar refractivity (Wildman–Crippen MR) is 103 cm³/mol. The molecule has 6 heteroatoms. The second-order valence-electron chi connectivity index (χ2n) is 6.96. The molecule has 1 aliphatic rings. The minimum absolute atomic E-state index is 0.183. The Morgan fingerprint density at radius 3 is 2.48 bits per heavy atom. The average molecular weight is 345 g/mol. The lowest BCUT2D eigenvalue weighted by Gasteiger charge is -2.35. The van der Waals surface area contributed by atoms with E-state index in [2.05, 4.69) is 56.4 Å². The minimum atomic E-state index is 0.183. The van der Waals surface area contributed by atoms with Crippen LogP contribution in [0.3, 0.4) is 0 Å². The second-order valence-corrected chi connectivity index (χ2v) is 8.47. The molecule has 1 heterocycles. The molecule has 0 radical (unpaired) electrons. The molecule has 1 aliphatic heterocycles. The Morgan fingerprint density at radius 2 is 1.91 bits per heavy atom. The molecule has 2 unspecified atom stereocenters. The van der Waals surface area contributed by atoms with E-state index in [0.717, 1.165) is 51.6 Å². The molecule has 0 aromatic carbocycles. The summed E-state index contributed by atoms with van der Waals surface area (Å²) in [4.78, 5) is 7.21. The molecule has 2 atom stereocenters. The Bertz CT molecular complexity index is 353. The molecule has 0 aromatic heterocycles. The lowest BCUT2D eigenvalue weighted by atomic mass is 10.2. The summed E-state index contributed by atoms with van der Waals surface area (Å²) in [6, 6.07) is 0. The quantitative estimate of drug-likeness (QED) is 0.401. The molecule has 0 aromatic rings. The van der Waals surface area contributed by atoms with Gasteiger partial charge in [-0.1, -0.05) is 0 Å². The lowest BCUT2D eigenvalue weighted by molar-refractivity contribution is -0.0679. The van der Waals surface area contributed by atoms with E-state index in [-0.39, 0.29) is 4.75 Å². The topological polar surface area (TPSA) is 48.9 Å². The highest BCUT2D eigenvalue weighted by atomic mass is 32.2. The smallest absolute Gasteiger partial charge is 0.191 e. The SMILES string of the molecule is CCNC(=NCC(C)(C)SC)NCCCN1CC(C)OC(C)C1. The Hall–Kier alpha value is -0.460. The van der Waals surface area contributed by atoms with Crippen LogP contribution in [0.2, 0.25) is 0 Å². The Balaban J connectivity index is 2.31. The third kappa shape index (κ3) is 8.82. The van der Waals surface area contributed by atoms with Crippen LogP contribution in [0.4, 0.5) is 0 Å². The number of nitrogens with one attached hydrogen (secondary N) is 2. The van der Waals surface area contributed by atoms with Gasteiger partial charge in [0.2, 0.25) is 0 Å². The standard InChI is InChI=1S/C17H36N4OS/c1-7-18-16(20-13-17(4,5)23-6)19-9-8-10-21-11-14(2)22-15(3)12-21/h14-15H,7-13H2,1-6H3,(H2,18,19,20). The van der Waals surface area contributed by atoms with Crippen LogP contribution in [0.1, 0.15) is 41.0 Å². The van der Waals surface area contributed by atoms with E-state index in [0.29, 0.717) is 12.2 Å². The van der Waals surface area contributed by atoms with Gasteiger partial charge in [-0.15, -0.1) is 0 Å². The summed E-state index contributed by atoms with van der Waals surface area (Å²) in [5, 5.41) is 6.78. The predicted octanol–water partition coefficient (Wildman–Crippen LogP) is 2.18. The molecule has 1 fully saturated rings. The van der Waals surface area contributed by atoms with Crippen molar-refractivity contribution in [2.24, 2.45) is 4.99 Å². The van der Waals surface area contributed by atoms with E-state index in [1.54, 1.807) is 0 Å². The van der Waals surface area contributed by atoms with Crippen molar-refractivity contribution in [1.29, 1.82) is 0 Å². The van der Waals surface area contributed by atoms with Crippen LogP contribution in [0.5, 0.6) is 0 Å². The molecule has 2 N–H and O–H groups in total. The largest absolute Gasteiger partial charge is 0.373 e. The van der Waals surface area contributed by atoms with E-state index in [1.807, 2.05) is 11.8 Å². The second kappa shape index (κ2) is 10.4. The van der Waals surface area contributed by atoms with Gasteiger partial charge in [-0.05, 0) is 47.3 Å². The van der Waals surface area contributed by atoms with Crippen molar-refractivity contribution in [1.82, 2.24) is 15.5 Å². The number of aliphatic imine (C=N–C) groups is 1. The van der Waals surface area contributed by atoms with Crippen LogP contribution >= 0.6 is 11.8 Å². The van der Waals surface area contributed by atoms with Gasteiger partial charge < -0.3 is 15.4 Å². The fourth-order valence-corrected chi connectivity index (χ4v) is 2.85. The van der Waals surface area contributed by atoms with E-state index >= 15 is 0 Å². The van der Waals surface area contributed by atoms with Crippen LogP contribution in [0.15, 0.2) is 4.99 Å². The van der Waals surface area contributed by atoms with Gasteiger partial charge in [-0.25, -0.2) is 0 Å². The van der Waals surface area contributed by atoms with E-state index in [4.69, 9.17) is 9.73 Å². The van der Waals surface area contributed by atoms with Crippen molar-refractivity contribution in [2.45, 2.75) is 58.0 Å². The molecule has 0 bridgehead atoms. The first kappa shape index (κ1) is 20.6. The molecule has 0 saturated carbocycles. The van der Waals surface area contributed by atoms with Crippen LogP contribution in [0.25, 0.3) is 0 Å². The Kier molecular flexibility index (Phi) is 9.32. The number of nitrogens with zero attached hydrogens (tertiary/aromatic N) is 2. The van der Waals surface area contributed by atoms with E-state index < -0.39 is 0 Å². The molecule has 5 nitrogen and oxygen atoms in total. The van der Waals surface area contributed by atoms with Gasteiger partial charge in [0.15, 0.2) is 5.96 Å². The van der Waals surface area contributed by atoms with Gasteiger partial charge in [0.1, 0.15) is 0 Å². The summed E-state index contributed by atoms with van der Waals surface area (Å²) in [5.41, 5.74) is 0. The van der Waals surface area contributed by atoms with Crippen LogP contribution in [-0.2, 0) is 4.74 Å². The van der Waals surface area contributed by atoms with E-state index in [9.17, 15) is 0 Å². The summed E-state index contributed by atoms with van der Waals surface area (Å²) >= 11 is 1.85. The molecule has 0 amide bonds. The summed E-state index contributed by atoms with van der Waals surface area (Å²) in [5.74, 6) is 0.929. The van der Waals surface area contributed by atoms with Gasteiger partial charge in [0.05, 0.1) is 18.8 Å². The number of hydrogen-bond acceptors (Lipinski definition) is 4. The van der Waals surface area contributed by atoms with Gasteiger partial charge >= 0.3 is 0 Å². The summed E-state index contributed by atoms with van der Waals surface area (Å²) in [6.45, 7) is 16.7. The maximum absolute atomic E-state index is 5.78. The highest BCUT2D eigenvalue weighted by Crippen LogP contribution is 2.20. The number of thioether (sulfide) groups is 1. The molecule has 0 aliphatic carbocycles. The number of rotatable bonds is 8. The normalized spacial score (nSPS) is 23.8. The van der Waals surface area contributed by atoms with Crippen molar-refractivity contribution in [3.05, 3.63) is 0 Å². The van der Waals surface area contributed by atoms with Gasteiger partial charge in [0, 0.05) is 37.5 Å². The third-order valence-electron chi connectivity index (χ3n) is 3.95. The fourth-order valence-electron chi connectivity index (χ4n) is 2.65. The maximum Gasteiger partial charge on any atom is 0.191 e. The summed E-state index contributed by atoms with van der Waals surface area (Å²) < 4.78 is 5.96. The zero-order chi connectivity index (χ0) is 17.3. The van der Waals surface area contributed by atoms with Crippen molar-refractivity contribution < 1.29 is 4.74 Å². The number of guanidine groups is 1.